The highest BCUT2D eigenvalue weighted by atomic mass is 19.4. The van der Waals surface area contributed by atoms with Crippen LogP contribution in [0.5, 0.6) is 0 Å². The molecule has 1 N–H and O–H groups in total. The Bertz CT molecular complexity index is 408. The molecule has 0 radical (unpaired) electrons. The van der Waals surface area contributed by atoms with Crippen molar-refractivity contribution >= 4 is 5.97 Å². The zero-order chi connectivity index (χ0) is 12.5. The Balaban J connectivity index is 3.39. The van der Waals surface area contributed by atoms with Gasteiger partial charge in [0.1, 0.15) is 0 Å². The minimum Gasteiger partial charge on any atom is -0.478 e. The minimum absolute atomic E-state index is 0.0797. The van der Waals surface area contributed by atoms with E-state index in [-0.39, 0.29) is 5.92 Å². The van der Waals surface area contributed by atoms with E-state index in [2.05, 4.69) is 0 Å². The lowest BCUT2D eigenvalue weighted by atomic mass is 9.97. The second-order valence-electron chi connectivity index (χ2n) is 3.76. The summed E-state index contributed by atoms with van der Waals surface area (Å²) in [6.07, 6.45) is -4.64. The van der Waals surface area contributed by atoms with E-state index < -0.39 is 23.3 Å². The van der Waals surface area contributed by atoms with E-state index >= 15 is 0 Å². The summed E-state index contributed by atoms with van der Waals surface area (Å²) in [5.41, 5.74) is -1.33. The minimum atomic E-state index is -4.64. The van der Waals surface area contributed by atoms with Gasteiger partial charge in [-0.25, -0.2) is 4.79 Å². The van der Waals surface area contributed by atoms with Gasteiger partial charge in [0.05, 0.1) is 11.1 Å². The molecule has 0 saturated heterocycles. The van der Waals surface area contributed by atoms with Crippen molar-refractivity contribution in [1.29, 1.82) is 0 Å². The summed E-state index contributed by atoms with van der Waals surface area (Å²) >= 11 is 0. The molecule has 1 aromatic carbocycles. The van der Waals surface area contributed by atoms with Gasteiger partial charge in [0, 0.05) is 0 Å². The molecule has 2 nitrogen and oxygen atoms in total. The van der Waals surface area contributed by atoms with Crippen molar-refractivity contribution in [2.45, 2.75) is 25.9 Å². The summed E-state index contributed by atoms with van der Waals surface area (Å²) in [7, 11) is 0. The molecule has 0 bridgehead atoms. The van der Waals surface area contributed by atoms with Gasteiger partial charge in [0.2, 0.25) is 0 Å². The van der Waals surface area contributed by atoms with Crippen LogP contribution in [0.2, 0.25) is 0 Å². The third-order valence-electron chi connectivity index (χ3n) is 2.25. The molecule has 0 atom stereocenters. The fourth-order valence-corrected chi connectivity index (χ4v) is 1.34. The largest absolute Gasteiger partial charge is 0.478 e. The summed E-state index contributed by atoms with van der Waals surface area (Å²) in [5, 5.41) is 8.66. The van der Waals surface area contributed by atoms with Crippen molar-refractivity contribution in [3.05, 3.63) is 34.9 Å². The smallest absolute Gasteiger partial charge is 0.417 e. The third kappa shape index (κ3) is 2.53. The summed E-state index contributed by atoms with van der Waals surface area (Å²) in [5.74, 6) is -1.65. The number of benzene rings is 1. The van der Waals surface area contributed by atoms with Gasteiger partial charge in [-0.2, -0.15) is 13.2 Å². The van der Waals surface area contributed by atoms with E-state index in [0.29, 0.717) is 5.56 Å². The van der Waals surface area contributed by atoms with Gasteiger partial charge in [-0.05, 0) is 23.6 Å². The van der Waals surface area contributed by atoms with E-state index in [1.807, 2.05) is 0 Å². The Morgan fingerprint density at radius 3 is 2.25 bits per heavy atom. The molecule has 1 aromatic rings. The van der Waals surface area contributed by atoms with Crippen LogP contribution in [-0.2, 0) is 6.18 Å². The summed E-state index contributed by atoms with van der Waals surface area (Å²) < 4.78 is 37.8. The monoisotopic (exact) mass is 232 g/mol. The quantitative estimate of drug-likeness (QED) is 0.846. The molecule has 0 fully saturated rings. The van der Waals surface area contributed by atoms with Crippen LogP contribution in [0, 0.1) is 0 Å². The van der Waals surface area contributed by atoms with Crippen molar-refractivity contribution in [3.63, 3.8) is 0 Å². The lowest BCUT2D eigenvalue weighted by Crippen LogP contribution is -2.13. The van der Waals surface area contributed by atoms with Crippen LogP contribution in [0.15, 0.2) is 18.2 Å². The average Bonchev–Trinajstić information content (AvgIpc) is 2.15. The topological polar surface area (TPSA) is 37.3 Å². The first-order valence-corrected chi connectivity index (χ1v) is 4.68. The van der Waals surface area contributed by atoms with Crippen LogP contribution in [0.3, 0.4) is 0 Å². The molecule has 16 heavy (non-hydrogen) atoms. The van der Waals surface area contributed by atoms with Crippen molar-refractivity contribution in [3.8, 4) is 0 Å². The number of aromatic carboxylic acids is 1. The molecule has 0 amide bonds. The third-order valence-corrected chi connectivity index (χ3v) is 2.25. The molecule has 0 saturated carbocycles. The Morgan fingerprint density at radius 1 is 1.31 bits per heavy atom. The molecule has 0 aliphatic rings. The molecular formula is C11H11F3O2. The molecule has 0 aromatic heterocycles. The highest BCUT2D eigenvalue weighted by Crippen LogP contribution is 2.34. The SMILES string of the molecule is CC(C)c1ccc(C(=O)O)c(C(F)(F)F)c1. The maximum absolute atomic E-state index is 12.6. The number of carbonyl (C=O) groups is 1. The second-order valence-corrected chi connectivity index (χ2v) is 3.76. The number of hydrogen-bond acceptors (Lipinski definition) is 1. The van der Waals surface area contributed by atoms with Crippen LogP contribution < -0.4 is 0 Å². The number of hydrogen-bond donors (Lipinski definition) is 1. The second kappa shape index (κ2) is 4.15. The van der Waals surface area contributed by atoms with E-state index in [4.69, 9.17) is 5.11 Å². The lowest BCUT2D eigenvalue weighted by molar-refractivity contribution is -0.138. The van der Waals surface area contributed by atoms with Crippen LogP contribution in [0.4, 0.5) is 13.2 Å². The van der Waals surface area contributed by atoms with Gasteiger partial charge in [0.15, 0.2) is 0 Å². The van der Waals surface area contributed by atoms with E-state index in [9.17, 15) is 18.0 Å². The highest BCUT2D eigenvalue weighted by Gasteiger charge is 2.35. The zero-order valence-electron chi connectivity index (χ0n) is 8.80. The van der Waals surface area contributed by atoms with E-state index in [0.717, 1.165) is 12.1 Å². The highest BCUT2D eigenvalue weighted by molar-refractivity contribution is 5.89. The molecule has 0 unspecified atom stereocenters. The molecule has 0 heterocycles. The van der Waals surface area contributed by atoms with Gasteiger partial charge in [-0.1, -0.05) is 19.9 Å². The first-order chi connectivity index (χ1) is 7.23. The summed E-state index contributed by atoms with van der Waals surface area (Å²) in [4.78, 5) is 10.6. The predicted molar refractivity (Wildman–Crippen MR) is 52.5 cm³/mol. The number of rotatable bonds is 2. The summed E-state index contributed by atoms with van der Waals surface area (Å²) in [6.45, 7) is 3.49. The molecule has 0 aliphatic carbocycles. The van der Waals surface area contributed by atoms with E-state index in [1.54, 1.807) is 13.8 Å². The maximum atomic E-state index is 12.6. The molecule has 1 rings (SSSR count). The van der Waals surface area contributed by atoms with Gasteiger partial charge < -0.3 is 5.11 Å². The Kier molecular flexibility index (Phi) is 3.26. The first-order valence-electron chi connectivity index (χ1n) is 4.68. The van der Waals surface area contributed by atoms with Gasteiger partial charge in [-0.3, -0.25) is 0 Å². The predicted octanol–water partition coefficient (Wildman–Crippen LogP) is 3.53. The van der Waals surface area contributed by atoms with Crippen LogP contribution >= 0.6 is 0 Å². The molecule has 0 spiro atoms. The average molecular weight is 232 g/mol. The van der Waals surface area contributed by atoms with Crippen LogP contribution in [0.1, 0.15) is 41.3 Å². The standard InChI is InChI=1S/C11H11F3O2/c1-6(2)7-3-4-8(10(15)16)9(5-7)11(12,13)14/h3-6H,1-2H3,(H,15,16). The van der Waals surface area contributed by atoms with Gasteiger partial charge in [0.25, 0.3) is 0 Å². The normalized spacial score (nSPS) is 11.9. The molecular weight excluding hydrogens is 221 g/mol. The Hall–Kier alpha value is -1.52. The Labute approximate surface area is 90.7 Å². The van der Waals surface area contributed by atoms with Gasteiger partial charge in [-0.15, -0.1) is 0 Å². The number of halogens is 3. The first kappa shape index (κ1) is 12.5. The fraction of sp³-hybridized carbons (Fsp3) is 0.364. The van der Waals surface area contributed by atoms with Crippen molar-refractivity contribution in [2.24, 2.45) is 0 Å². The van der Waals surface area contributed by atoms with Crippen molar-refractivity contribution in [2.75, 3.05) is 0 Å². The molecule has 0 aliphatic heterocycles. The zero-order valence-corrected chi connectivity index (χ0v) is 8.80. The maximum Gasteiger partial charge on any atom is 0.417 e. The van der Waals surface area contributed by atoms with Crippen LogP contribution in [-0.4, -0.2) is 11.1 Å². The number of carboxylic acid groups (broad SMARTS) is 1. The summed E-state index contributed by atoms with van der Waals surface area (Å²) in [6, 6.07) is 3.30. The van der Waals surface area contributed by atoms with Gasteiger partial charge >= 0.3 is 12.1 Å². The molecule has 5 heteroatoms. The fourth-order valence-electron chi connectivity index (χ4n) is 1.34. The lowest BCUT2D eigenvalue weighted by Gasteiger charge is -2.13. The van der Waals surface area contributed by atoms with E-state index in [1.165, 1.54) is 6.07 Å². The number of alkyl halides is 3. The van der Waals surface area contributed by atoms with Crippen molar-refractivity contribution in [1.82, 2.24) is 0 Å². The molecule has 88 valence electrons. The van der Waals surface area contributed by atoms with Crippen molar-refractivity contribution < 1.29 is 23.1 Å². The number of carboxylic acids is 1. The Morgan fingerprint density at radius 2 is 1.88 bits per heavy atom. The van der Waals surface area contributed by atoms with Crippen LogP contribution in [0.25, 0.3) is 0 Å².